The number of carbonyl (C=O) groups is 1. The van der Waals surface area contributed by atoms with Crippen molar-refractivity contribution in [1.82, 2.24) is 25.1 Å². The molecule has 8 nitrogen and oxygen atoms in total. The number of aromatic nitrogens is 4. The highest BCUT2D eigenvalue weighted by molar-refractivity contribution is 5.79. The number of benzene rings is 1. The van der Waals surface area contributed by atoms with Crippen LogP contribution in [0.15, 0.2) is 49.2 Å². The minimum Gasteiger partial charge on any atom is -0.493 e. The van der Waals surface area contributed by atoms with E-state index < -0.39 is 0 Å². The van der Waals surface area contributed by atoms with Crippen molar-refractivity contribution in [1.29, 1.82) is 0 Å². The van der Waals surface area contributed by atoms with Gasteiger partial charge in [0, 0.05) is 24.0 Å². The van der Waals surface area contributed by atoms with E-state index >= 15 is 0 Å². The van der Waals surface area contributed by atoms with E-state index in [1.807, 2.05) is 41.3 Å². The molecule has 0 aliphatic heterocycles. The van der Waals surface area contributed by atoms with Crippen LogP contribution in [0.4, 0.5) is 0 Å². The summed E-state index contributed by atoms with van der Waals surface area (Å²) in [7, 11) is 3.19. The molecule has 1 amide bonds. The predicted octanol–water partition coefficient (Wildman–Crippen LogP) is 3.20. The summed E-state index contributed by atoms with van der Waals surface area (Å²) in [4.78, 5) is 20.8. The van der Waals surface area contributed by atoms with E-state index in [9.17, 15) is 4.79 Å². The molecule has 1 aliphatic carbocycles. The maximum Gasteiger partial charge on any atom is 0.224 e. The molecule has 0 saturated heterocycles. The summed E-state index contributed by atoms with van der Waals surface area (Å²) in [5, 5.41) is 7.71. The minimum atomic E-state index is 0.0285. The number of nitrogens with one attached hydrogen (secondary N) is 1. The van der Waals surface area contributed by atoms with Gasteiger partial charge in [-0.1, -0.05) is 6.07 Å². The van der Waals surface area contributed by atoms with Gasteiger partial charge in [0.05, 0.1) is 38.6 Å². The molecule has 31 heavy (non-hydrogen) atoms. The average Bonchev–Trinajstić information content (AvgIpc) is 3.30. The molecule has 0 radical (unpaired) electrons. The van der Waals surface area contributed by atoms with Crippen molar-refractivity contribution in [2.24, 2.45) is 0 Å². The maximum absolute atomic E-state index is 12.5. The van der Waals surface area contributed by atoms with Crippen LogP contribution < -0.4 is 14.8 Å². The standard InChI is InChI=1S/C23H27N5O3/c1-30-21-8-3-16(11-22(21)31-2)12-23(29)27-18-4-6-19(7-5-18)28-14-17(13-26-28)20-9-10-24-15-25-20/h3,8-11,13-15,18-19H,4-7,12H2,1-2H3,(H,27,29). The first-order valence-electron chi connectivity index (χ1n) is 10.5. The lowest BCUT2D eigenvalue weighted by Crippen LogP contribution is -2.38. The summed E-state index contributed by atoms with van der Waals surface area (Å²) in [5.41, 5.74) is 2.77. The number of nitrogens with zero attached hydrogens (tertiary/aromatic N) is 4. The number of ether oxygens (including phenoxy) is 2. The van der Waals surface area contributed by atoms with Crippen molar-refractivity contribution in [3.63, 3.8) is 0 Å². The van der Waals surface area contributed by atoms with E-state index in [0.717, 1.165) is 42.5 Å². The van der Waals surface area contributed by atoms with Crippen LogP contribution in [0.2, 0.25) is 0 Å². The highest BCUT2D eigenvalue weighted by Crippen LogP contribution is 2.30. The highest BCUT2D eigenvalue weighted by atomic mass is 16.5. The van der Waals surface area contributed by atoms with Gasteiger partial charge in [0.15, 0.2) is 11.5 Å². The Kier molecular flexibility index (Phi) is 6.45. The lowest BCUT2D eigenvalue weighted by Gasteiger charge is -2.29. The summed E-state index contributed by atoms with van der Waals surface area (Å²) < 4.78 is 12.6. The summed E-state index contributed by atoms with van der Waals surface area (Å²) in [6, 6.07) is 7.99. The first-order chi connectivity index (χ1) is 15.2. The largest absolute Gasteiger partial charge is 0.493 e. The smallest absolute Gasteiger partial charge is 0.224 e. The Hall–Kier alpha value is -3.42. The number of methoxy groups -OCH3 is 2. The summed E-state index contributed by atoms with van der Waals surface area (Å²) in [6.07, 6.45) is 11.3. The van der Waals surface area contributed by atoms with Crippen molar-refractivity contribution in [2.75, 3.05) is 14.2 Å². The van der Waals surface area contributed by atoms with Crippen LogP contribution in [0.3, 0.4) is 0 Å². The molecule has 2 heterocycles. The van der Waals surface area contributed by atoms with Crippen molar-refractivity contribution in [3.8, 4) is 22.8 Å². The topological polar surface area (TPSA) is 91.2 Å². The molecule has 8 heteroatoms. The molecule has 4 rings (SSSR count). The molecule has 162 valence electrons. The molecule has 1 fully saturated rings. The molecular weight excluding hydrogens is 394 g/mol. The van der Waals surface area contributed by atoms with Gasteiger partial charge in [0.1, 0.15) is 6.33 Å². The van der Waals surface area contributed by atoms with Gasteiger partial charge >= 0.3 is 0 Å². The van der Waals surface area contributed by atoms with Gasteiger partial charge in [-0.25, -0.2) is 9.97 Å². The molecular formula is C23H27N5O3. The Labute approximate surface area is 181 Å². The van der Waals surface area contributed by atoms with Gasteiger partial charge in [0.25, 0.3) is 0 Å². The second kappa shape index (κ2) is 9.59. The number of hydrogen-bond acceptors (Lipinski definition) is 6. The van der Waals surface area contributed by atoms with Crippen LogP contribution in [0.5, 0.6) is 11.5 Å². The maximum atomic E-state index is 12.5. The predicted molar refractivity (Wildman–Crippen MR) is 116 cm³/mol. The van der Waals surface area contributed by atoms with Gasteiger partial charge in [0.2, 0.25) is 5.91 Å². The molecule has 3 aromatic rings. The SMILES string of the molecule is COc1ccc(CC(=O)NC2CCC(n3cc(-c4ccncn4)cn3)CC2)cc1OC. The Morgan fingerprint density at radius 3 is 2.65 bits per heavy atom. The average molecular weight is 422 g/mol. The Morgan fingerprint density at radius 2 is 1.94 bits per heavy atom. The number of rotatable bonds is 7. The van der Waals surface area contributed by atoms with E-state index in [1.54, 1.807) is 26.7 Å². The van der Waals surface area contributed by atoms with Crippen LogP contribution in [0, 0.1) is 0 Å². The van der Waals surface area contributed by atoms with Crippen LogP contribution in [0.25, 0.3) is 11.3 Å². The Balaban J connectivity index is 1.28. The third kappa shape index (κ3) is 5.02. The quantitative estimate of drug-likeness (QED) is 0.630. The molecule has 1 aliphatic rings. The Bertz CT molecular complexity index is 1010. The van der Waals surface area contributed by atoms with Crippen LogP contribution >= 0.6 is 0 Å². The second-order valence-electron chi connectivity index (χ2n) is 7.74. The molecule has 1 aromatic carbocycles. The Morgan fingerprint density at radius 1 is 1.13 bits per heavy atom. The van der Waals surface area contributed by atoms with Gasteiger partial charge in [-0.15, -0.1) is 0 Å². The van der Waals surface area contributed by atoms with E-state index in [2.05, 4.69) is 20.4 Å². The summed E-state index contributed by atoms with van der Waals surface area (Å²) in [5.74, 6) is 1.32. The minimum absolute atomic E-state index is 0.0285. The number of hydrogen-bond donors (Lipinski definition) is 1. The van der Waals surface area contributed by atoms with Gasteiger partial charge < -0.3 is 14.8 Å². The van der Waals surface area contributed by atoms with Crippen molar-refractivity contribution >= 4 is 5.91 Å². The van der Waals surface area contributed by atoms with E-state index in [4.69, 9.17) is 9.47 Å². The lowest BCUT2D eigenvalue weighted by molar-refractivity contribution is -0.121. The van der Waals surface area contributed by atoms with E-state index in [0.29, 0.717) is 24.0 Å². The van der Waals surface area contributed by atoms with Crippen molar-refractivity contribution in [2.45, 2.75) is 44.2 Å². The third-order valence-electron chi connectivity index (χ3n) is 5.73. The molecule has 0 bridgehead atoms. The normalized spacial score (nSPS) is 18.4. The van der Waals surface area contributed by atoms with Crippen LogP contribution in [-0.4, -0.2) is 45.9 Å². The van der Waals surface area contributed by atoms with E-state index in [-0.39, 0.29) is 11.9 Å². The summed E-state index contributed by atoms with van der Waals surface area (Å²) in [6.45, 7) is 0. The fourth-order valence-electron chi connectivity index (χ4n) is 4.07. The molecule has 2 aromatic heterocycles. The molecule has 0 atom stereocenters. The molecule has 1 saturated carbocycles. The first-order valence-corrected chi connectivity index (χ1v) is 10.5. The van der Waals surface area contributed by atoms with Crippen molar-refractivity contribution in [3.05, 3.63) is 54.7 Å². The van der Waals surface area contributed by atoms with Gasteiger partial charge in [-0.2, -0.15) is 5.10 Å². The van der Waals surface area contributed by atoms with Crippen molar-refractivity contribution < 1.29 is 14.3 Å². The van der Waals surface area contributed by atoms with Gasteiger partial charge in [-0.3, -0.25) is 9.48 Å². The van der Waals surface area contributed by atoms with Crippen LogP contribution in [-0.2, 0) is 11.2 Å². The lowest BCUT2D eigenvalue weighted by atomic mass is 9.91. The zero-order valence-electron chi connectivity index (χ0n) is 17.8. The number of amides is 1. The highest BCUT2D eigenvalue weighted by Gasteiger charge is 2.24. The fourth-order valence-corrected chi connectivity index (χ4v) is 4.07. The van der Waals surface area contributed by atoms with E-state index in [1.165, 1.54) is 0 Å². The first kappa shape index (κ1) is 20.8. The molecule has 0 unspecified atom stereocenters. The molecule has 0 spiro atoms. The number of carbonyl (C=O) groups excluding carboxylic acids is 1. The fraction of sp³-hybridized carbons (Fsp3) is 0.391. The van der Waals surface area contributed by atoms with Crippen LogP contribution in [0.1, 0.15) is 37.3 Å². The monoisotopic (exact) mass is 421 g/mol. The van der Waals surface area contributed by atoms with Gasteiger partial charge in [-0.05, 0) is 49.4 Å². The molecule has 1 N–H and O–H groups in total. The zero-order valence-corrected chi connectivity index (χ0v) is 17.8. The zero-order chi connectivity index (χ0) is 21.6. The second-order valence-corrected chi connectivity index (χ2v) is 7.74. The summed E-state index contributed by atoms with van der Waals surface area (Å²) >= 11 is 0. The third-order valence-corrected chi connectivity index (χ3v) is 5.73.